The van der Waals surface area contributed by atoms with E-state index >= 15 is 0 Å². The highest BCUT2D eigenvalue weighted by atomic mass is 35.5. The molecule has 138 valence electrons. The molecular formula is C19H22ClN3O2S. The Morgan fingerprint density at radius 1 is 1.08 bits per heavy atom. The predicted molar refractivity (Wildman–Crippen MR) is 108 cm³/mol. The Morgan fingerprint density at radius 3 is 2.46 bits per heavy atom. The smallest absolute Gasteiger partial charge is 0.224 e. The molecule has 2 aromatic carbocycles. The normalized spacial score (nSPS) is 10.2. The van der Waals surface area contributed by atoms with Gasteiger partial charge in [-0.15, -0.1) is 0 Å². The second kappa shape index (κ2) is 9.99. The highest BCUT2D eigenvalue weighted by molar-refractivity contribution is 7.80. The maximum atomic E-state index is 11.9. The van der Waals surface area contributed by atoms with E-state index in [0.29, 0.717) is 29.8 Å². The molecule has 1 amide bonds. The van der Waals surface area contributed by atoms with Crippen molar-refractivity contribution in [3.63, 3.8) is 0 Å². The monoisotopic (exact) mass is 391 g/mol. The predicted octanol–water partition coefficient (Wildman–Crippen LogP) is 2.68. The summed E-state index contributed by atoms with van der Waals surface area (Å²) in [5.74, 6) is 0.106. The number of phenols is 1. The fourth-order valence-electron chi connectivity index (χ4n) is 2.27. The summed E-state index contributed by atoms with van der Waals surface area (Å²) in [6.07, 6.45) is 0.273. The van der Waals surface area contributed by atoms with Gasteiger partial charge in [0.2, 0.25) is 5.91 Å². The number of nitrogens with one attached hydrogen (secondary N) is 3. The minimum Gasteiger partial charge on any atom is -0.508 e. The summed E-state index contributed by atoms with van der Waals surface area (Å²) in [5.41, 5.74) is 2.94. The number of rotatable bonds is 7. The number of benzene rings is 2. The van der Waals surface area contributed by atoms with Crippen molar-refractivity contribution in [2.24, 2.45) is 0 Å². The van der Waals surface area contributed by atoms with Crippen molar-refractivity contribution in [2.75, 3.05) is 13.1 Å². The summed E-state index contributed by atoms with van der Waals surface area (Å²) in [7, 11) is 0. The molecule has 0 aliphatic rings. The summed E-state index contributed by atoms with van der Waals surface area (Å²) in [6.45, 7) is 3.52. The SMILES string of the molecule is Cc1ccc(CNC(=S)NCCNC(=O)Cc2ccc(O)cc2)c(Cl)c1. The number of phenolic OH excluding ortho intramolecular Hbond substituents is 1. The number of hydrogen-bond donors (Lipinski definition) is 4. The van der Waals surface area contributed by atoms with E-state index in [1.54, 1.807) is 24.3 Å². The van der Waals surface area contributed by atoms with Crippen molar-refractivity contribution < 1.29 is 9.90 Å². The van der Waals surface area contributed by atoms with Crippen molar-refractivity contribution in [2.45, 2.75) is 19.9 Å². The fourth-order valence-corrected chi connectivity index (χ4v) is 2.75. The second-order valence-electron chi connectivity index (χ2n) is 5.90. The third-order valence-corrected chi connectivity index (χ3v) is 4.32. The van der Waals surface area contributed by atoms with Crippen LogP contribution in [-0.4, -0.2) is 29.2 Å². The number of thiocarbonyl (C=S) groups is 1. The van der Waals surface area contributed by atoms with E-state index < -0.39 is 0 Å². The lowest BCUT2D eigenvalue weighted by Gasteiger charge is -2.12. The van der Waals surface area contributed by atoms with Crippen LogP contribution >= 0.6 is 23.8 Å². The van der Waals surface area contributed by atoms with E-state index in [2.05, 4.69) is 16.0 Å². The van der Waals surface area contributed by atoms with E-state index in [1.165, 1.54) is 0 Å². The average Bonchev–Trinajstić information content (AvgIpc) is 2.60. The Hall–Kier alpha value is -2.31. The van der Waals surface area contributed by atoms with Crippen molar-refractivity contribution in [3.05, 3.63) is 64.2 Å². The quantitative estimate of drug-likeness (QED) is 0.431. The molecule has 0 bridgehead atoms. The summed E-state index contributed by atoms with van der Waals surface area (Å²) >= 11 is 11.4. The van der Waals surface area contributed by atoms with Gasteiger partial charge < -0.3 is 21.1 Å². The zero-order valence-electron chi connectivity index (χ0n) is 14.5. The third kappa shape index (κ3) is 6.90. The molecule has 0 unspecified atom stereocenters. The van der Waals surface area contributed by atoms with Gasteiger partial charge in [0.25, 0.3) is 0 Å². The van der Waals surface area contributed by atoms with Crippen LogP contribution < -0.4 is 16.0 Å². The lowest BCUT2D eigenvalue weighted by molar-refractivity contribution is -0.120. The number of halogens is 1. The molecule has 0 aromatic heterocycles. The zero-order valence-corrected chi connectivity index (χ0v) is 16.1. The van der Waals surface area contributed by atoms with Crippen molar-refractivity contribution >= 4 is 34.8 Å². The minimum atomic E-state index is -0.0807. The number of aromatic hydroxyl groups is 1. The fraction of sp³-hybridized carbons (Fsp3) is 0.263. The molecule has 0 aliphatic carbocycles. The first-order valence-electron chi connectivity index (χ1n) is 8.25. The topological polar surface area (TPSA) is 73.4 Å². The Labute approximate surface area is 163 Å². The van der Waals surface area contributed by atoms with Crippen LogP contribution in [0.4, 0.5) is 0 Å². The van der Waals surface area contributed by atoms with Gasteiger partial charge in [-0.2, -0.15) is 0 Å². The molecule has 0 radical (unpaired) electrons. The largest absolute Gasteiger partial charge is 0.508 e. The first kappa shape index (κ1) is 20.0. The summed E-state index contributed by atoms with van der Waals surface area (Å²) in [5, 5.41) is 19.4. The maximum absolute atomic E-state index is 11.9. The Balaban J connectivity index is 1.62. The third-order valence-electron chi connectivity index (χ3n) is 3.68. The van der Waals surface area contributed by atoms with Gasteiger partial charge in [-0.05, 0) is 54.0 Å². The molecule has 5 nitrogen and oxygen atoms in total. The standard InChI is InChI=1S/C19H22ClN3O2S/c1-13-2-5-15(17(20)10-13)12-23-19(26)22-9-8-21-18(25)11-14-3-6-16(24)7-4-14/h2-7,10,24H,8-9,11-12H2,1H3,(H,21,25)(H2,22,23,26). The van der Waals surface area contributed by atoms with E-state index in [1.807, 2.05) is 25.1 Å². The highest BCUT2D eigenvalue weighted by Gasteiger charge is 2.04. The van der Waals surface area contributed by atoms with Gasteiger partial charge >= 0.3 is 0 Å². The molecule has 0 fully saturated rings. The maximum Gasteiger partial charge on any atom is 0.224 e. The van der Waals surface area contributed by atoms with Gasteiger partial charge in [-0.25, -0.2) is 0 Å². The molecule has 0 spiro atoms. The van der Waals surface area contributed by atoms with Crippen LogP contribution in [0.25, 0.3) is 0 Å². The summed E-state index contributed by atoms with van der Waals surface area (Å²) in [6, 6.07) is 12.5. The van der Waals surface area contributed by atoms with Crippen LogP contribution in [0.1, 0.15) is 16.7 Å². The lowest BCUT2D eigenvalue weighted by atomic mass is 10.1. The van der Waals surface area contributed by atoms with E-state index in [-0.39, 0.29) is 18.1 Å². The van der Waals surface area contributed by atoms with Crippen LogP contribution in [-0.2, 0) is 17.8 Å². The molecule has 0 saturated carbocycles. The molecule has 2 aromatic rings. The molecular weight excluding hydrogens is 370 g/mol. The van der Waals surface area contributed by atoms with E-state index in [9.17, 15) is 9.90 Å². The molecule has 2 rings (SSSR count). The molecule has 0 heterocycles. The van der Waals surface area contributed by atoms with Gasteiger partial charge in [-0.1, -0.05) is 35.9 Å². The van der Waals surface area contributed by atoms with Crippen molar-refractivity contribution in [1.29, 1.82) is 0 Å². The number of carbonyl (C=O) groups is 1. The van der Waals surface area contributed by atoms with E-state index in [4.69, 9.17) is 23.8 Å². The Kier molecular flexibility index (Phi) is 7.69. The minimum absolute atomic E-state index is 0.0807. The first-order chi connectivity index (χ1) is 12.4. The lowest BCUT2D eigenvalue weighted by Crippen LogP contribution is -2.40. The van der Waals surface area contributed by atoms with Gasteiger partial charge in [0.15, 0.2) is 5.11 Å². The van der Waals surface area contributed by atoms with Crippen LogP contribution in [0.2, 0.25) is 5.02 Å². The summed E-state index contributed by atoms with van der Waals surface area (Å²) < 4.78 is 0. The Morgan fingerprint density at radius 2 is 1.77 bits per heavy atom. The molecule has 0 aliphatic heterocycles. The number of amides is 1. The number of hydrogen-bond acceptors (Lipinski definition) is 3. The van der Waals surface area contributed by atoms with E-state index in [0.717, 1.165) is 16.7 Å². The summed E-state index contributed by atoms with van der Waals surface area (Å²) in [4.78, 5) is 11.9. The molecule has 26 heavy (non-hydrogen) atoms. The van der Waals surface area contributed by atoms with Crippen LogP contribution in [0.5, 0.6) is 5.75 Å². The molecule has 0 saturated heterocycles. The van der Waals surface area contributed by atoms with Crippen molar-refractivity contribution in [3.8, 4) is 5.75 Å². The highest BCUT2D eigenvalue weighted by Crippen LogP contribution is 2.17. The number of carbonyl (C=O) groups excluding carboxylic acids is 1. The van der Waals surface area contributed by atoms with Gasteiger partial charge in [-0.3, -0.25) is 4.79 Å². The van der Waals surface area contributed by atoms with Crippen LogP contribution in [0, 0.1) is 6.92 Å². The molecule has 7 heteroatoms. The van der Waals surface area contributed by atoms with Crippen molar-refractivity contribution in [1.82, 2.24) is 16.0 Å². The molecule has 4 N–H and O–H groups in total. The number of aryl methyl sites for hydroxylation is 1. The zero-order chi connectivity index (χ0) is 18.9. The first-order valence-corrected chi connectivity index (χ1v) is 9.04. The van der Waals surface area contributed by atoms with Gasteiger partial charge in [0.1, 0.15) is 5.75 Å². The molecule has 0 atom stereocenters. The van der Waals surface area contributed by atoms with Gasteiger partial charge in [0, 0.05) is 24.7 Å². The van der Waals surface area contributed by atoms with Crippen LogP contribution in [0.3, 0.4) is 0 Å². The second-order valence-corrected chi connectivity index (χ2v) is 6.71. The van der Waals surface area contributed by atoms with Gasteiger partial charge in [0.05, 0.1) is 6.42 Å². The average molecular weight is 392 g/mol. The van der Waals surface area contributed by atoms with Crippen LogP contribution in [0.15, 0.2) is 42.5 Å². The Bertz CT molecular complexity index is 766.